The minimum Gasteiger partial charge on any atom is -0.497 e. The summed E-state index contributed by atoms with van der Waals surface area (Å²) in [4.78, 5) is 25.1. The molecule has 0 saturated heterocycles. The van der Waals surface area contributed by atoms with E-state index in [0.717, 1.165) is 12.8 Å². The second kappa shape index (κ2) is 9.19. The van der Waals surface area contributed by atoms with Crippen LogP contribution in [0.3, 0.4) is 0 Å². The number of anilines is 1. The van der Waals surface area contributed by atoms with Crippen LogP contribution >= 0.6 is 0 Å². The van der Waals surface area contributed by atoms with Crippen molar-refractivity contribution in [2.45, 2.75) is 32.2 Å². The van der Waals surface area contributed by atoms with Crippen LogP contribution in [0.4, 0.5) is 5.69 Å². The molecule has 0 saturated carbocycles. The molecule has 0 unspecified atom stereocenters. The topological polar surface area (TPSA) is 93.5 Å². The molecule has 0 aliphatic rings. The van der Waals surface area contributed by atoms with Crippen LogP contribution in [0.25, 0.3) is 0 Å². The van der Waals surface area contributed by atoms with Gasteiger partial charge in [-0.05, 0) is 49.2 Å². The van der Waals surface area contributed by atoms with E-state index in [1.54, 1.807) is 55.6 Å². The average Bonchev–Trinajstić information content (AvgIpc) is 2.72. The van der Waals surface area contributed by atoms with E-state index < -0.39 is 5.54 Å². The van der Waals surface area contributed by atoms with Gasteiger partial charge in [0.05, 0.1) is 18.4 Å². The Labute approximate surface area is 160 Å². The molecule has 0 radical (unpaired) electrons. The highest BCUT2D eigenvalue weighted by molar-refractivity contribution is 6.09. The lowest BCUT2D eigenvalue weighted by Gasteiger charge is -2.27. The number of hydrogen-bond donors (Lipinski definition) is 3. The maximum Gasteiger partial charge on any atom is 0.255 e. The highest BCUT2D eigenvalue weighted by Gasteiger charge is 2.22. The molecule has 2 amide bonds. The van der Waals surface area contributed by atoms with Gasteiger partial charge in [-0.15, -0.1) is 0 Å². The fraction of sp³-hybridized carbons (Fsp3) is 0.333. The third-order valence-corrected chi connectivity index (χ3v) is 4.78. The summed E-state index contributed by atoms with van der Waals surface area (Å²) < 4.78 is 5.10. The first kappa shape index (κ1) is 20.5. The predicted molar refractivity (Wildman–Crippen MR) is 107 cm³/mol. The van der Waals surface area contributed by atoms with E-state index in [1.807, 2.05) is 13.8 Å². The van der Waals surface area contributed by atoms with Crippen LogP contribution in [0.1, 0.15) is 47.4 Å². The minimum absolute atomic E-state index is 0.266. The van der Waals surface area contributed by atoms with E-state index in [-0.39, 0.29) is 11.8 Å². The Morgan fingerprint density at radius 3 is 2.22 bits per heavy atom. The first-order chi connectivity index (χ1) is 12.9. The molecule has 4 N–H and O–H groups in total. The van der Waals surface area contributed by atoms with Crippen LogP contribution in [0.15, 0.2) is 48.5 Å². The number of methoxy groups -OCH3 is 1. The maximum atomic E-state index is 12.6. The summed E-state index contributed by atoms with van der Waals surface area (Å²) in [6, 6.07) is 13.7. The highest BCUT2D eigenvalue weighted by Crippen LogP contribution is 2.18. The summed E-state index contributed by atoms with van der Waals surface area (Å²) >= 11 is 0. The summed E-state index contributed by atoms with van der Waals surface area (Å²) in [5.41, 5.74) is 7.14. The monoisotopic (exact) mass is 369 g/mol. The Balaban J connectivity index is 2.12. The third kappa shape index (κ3) is 5.31. The lowest BCUT2D eigenvalue weighted by Crippen LogP contribution is -2.49. The molecule has 0 bridgehead atoms. The van der Waals surface area contributed by atoms with E-state index in [4.69, 9.17) is 10.5 Å². The first-order valence-electron chi connectivity index (χ1n) is 9.04. The second-order valence-electron chi connectivity index (χ2n) is 6.48. The lowest BCUT2D eigenvalue weighted by molar-refractivity contribution is 0.0943. The third-order valence-electron chi connectivity index (χ3n) is 4.78. The van der Waals surface area contributed by atoms with Gasteiger partial charge >= 0.3 is 0 Å². The quantitative estimate of drug-likeness (QED) is 0.666. The SMILES string of the molecule is CCC(N)(CC)CNC(=O)c1ccccc1NC(=O)c1ccc(OC)cc1. The van der Waals surface area contributed by atoms with Crippen molar-refractivity contribution in [3.63, 3.8) is 0 Å². The van der Waals surface area contributed by atoms with E-state index >= 15 is 0 Å². The van der Waals surface area contributed by atoms with Gasteiger partial charge in [0.1, 0.15) is 5.75 Å². The molecule has 2 aromatic rings. The fourth-order valence-electron chi connectivity index (χ4n) is 2.58. The molecule has 6 heteroatoms. The van der Waals surface area contributed by atoms with E-state index in [9.17, 15) is 9.59 Å². The Kier molecular flexibility index (Phi) is 6.96. The first-order valence-corrected chi connectivity index (χ1v) is 9.04. The van der Waals surface area contributed by atoms with Crippen LogP contribution in [0.5, 0.6) is 5.75 Å². The molecule has 0 aliphatic carbocycles. The van der Waals surface area contributed by atoms with Crippen molar-refractivity contribution >= 4 is 17.5 Å². The van der Waals surface area contributed by atoms with E-state index in [2.05, 4.69) is 10.6 Å². The van der Waals surface area contributed by atoms with Gasteiger partial charge < -0.3 is 21.1 Å². The number of rotatable bonds is 8. The zero-order valence-electron chi connectivity index (χ0n) is 16.0. The normalized spacial score (nSPS) is 11.0. The van der Waals surface area contributed by atoms with Gasteiger partial charge in [0.2, 0.25) is 0 Å². The van der Waals surface area contributed by atoms with Crippen molar-refractivity contribution in [3.8, 4) is 5.75 Å². The largest absolute Gasteiger partial charge is 0.497 e. The van der Waals surface area contributed by atoms with Crippen LogP contribution in [0.2, 0.25) is 0 Å². The summed E-state index contributed by atoms with van der Waals surface area (Å²) in [7, 11) is 1.57. The smallest absolute Gasteiger partial charge is 0.255 e. The Morgan fingerprint density at radius 1 is 1.00 bits per heavy atom. The number of carbonyl (C=O) groups excluding carboxylic acids is 2. The van der Waals surface area contributed by atoms with Crippen molar-refractivity contribution in [1.29, 1.82) is 0 Å². The number of nitrogens with two attached hydrogens (primary N) is 1. The van der Waals surface area contributed by atoms with Crippen LogP contribution in [0, 0.1) is 0 Å². The van der Waals surface area contributed by atoms with Crippen molar-refractivity contribution < 1.29 is 14.3 Å². The van der Waals surface area contributed by atoms with E-state index in [1.165, 1.54) is 0 Å². The molecule has 0 atom stereocenters. The molecule has 0 aromatic heterocycles. The molecule has 0 aliphatic heterocycles. The molecular formula is C21H27N3O3. The minimum atomic E-state index is -0.434. The zero-order chi connectivity index (χ0) is 19.9. The number of amides is 2. The molecule has 6 nitrogen and oxygen atoms in total. The number of nitrogens with one attached hydrogen (secondary N) is 2. The molecule has 27 heavy (non-hydrogen) atoms. The van der Waals surface area contributed by atoms with Gasteiger partial charge in [0.25, 0.3) is 11.8 Å². The molecule has 2 rings (SSSR count). The number of para-hydroxylation sites is 1. The molecular weight excluding hydrogens is 342 g/mol. The Bertz CT molecular complexity index is 784. The number of benzene rings is 2. The summed E-state index contributed by atoms with van der Waals surface area (Å²) in [5, 5.41) is 5.68. The Hall–Kier alpha value is -2.86. The Morgan fingerprint density at radius 2 is 1.63 bits per heavy atom. The zero-order valence-corrected chi connectivity index (χ0v) is 16.0. The summed E-state index contributed by atoms with van der Waals surface area (Å²) in [5.74, 6) is 0.106. The van der Waals surface area contributed by atoms with Gasteiger partial charge in [-0.25, -0.2) is 0 Å². The molecule has 0 spiro atoms. The highest BCUT2D eigenvalue weighted by atomic mass is 16.5. The standard InChI is InChI=1S/C21H27N3O3/c1-4-21(22,5-2)14-23-20(26)17-8-6-7-9-18(17)24-19(25)15-10-12-16(27-3)13-11-15/h6-13H,4-5,14,22H2,1-3H3,(H,23,26)(H,24,25). The summed E-state index contributed by atoms with van der Waals surface area (Å²) in [6.45, 7) is 4.37. The van der Waals surface area contributed by atoms with Gasteiger partial charge in [-0.3, -0.25) is 9.59 Å². The maximum absolute atomic E-state index is 12.6. The van der Waals surface area contributed by atoms with Crippen molar-refractivity contribution in [3.05, 3.63) is 59.7 Å². The molecule has 2 aromatic carbocycles. The van der Waals surface area contributed by atoms with Gasteiger partial charge in [0, 0.05) is 17.6 Å². The molecule has 0 heterocycles. The summed E-state index contributed by atoms with van der Waals surface area (Å²) in [6.07, 6.45) is 1.53. The van der Waals surface area contributed by atoms with Crippen molar-refractivity contribution in [1.82, 2.24) is 5.32 Å². The van der Waals surface area contributed by atoms with Gasteiger partial charge in [-0.1, -0.05) is 26.0 Å². The predicted octanol–water partition coefficient (Wildman–Crippen LogP) is 3.19. The van der Waals surface area contributed by atoms with Crippen LogP contribution in [-0.4, -0.2) is 31.0 Å². The molecule has 0 fully saturated rings. The van der Waals surface area contributed by atoms with Crippen LogP contribution < -0.4 is 21.1 Å². The number of ether oxygens (including phenoxy) is 1. The van der Waals surface area contributed by atoms with Gasteiger partial charge in [-0.2, -0.15) is 0 Å². The van der Waals surface area contributed by atoms with Gasteiger partial charge in [0.15, 0.2) is 0 Å². The van der Waals surface area contributed by atoms with E-state index in [0.29, 0.717) is 29.1 Å². The van der Waals surface area contributed by atoms with Crippen molar-refractivity contribution in [2.75, 3.05) is 19.0 Å². The average molecular weight is 369 g/mol. The second-order valence-corrected chi connectivity index (χ2v) is 6.48. The lowest BCUT2D eigenvalue weighted by atomic mass is 9.94. The van der Waals surface area contributed by atoms with Crippen LogP contribution in [-0.2, 0) is 0 Å². The van der Waals surface area contributed by atoms with Crippen molar-refractivity contribution in [2.24, 2.45) is 5.73 Å². The fourth-order valence-corrected chi connectivity index (χ4v) is 2.58. The molecule has 144 valence electrons. The number of carbonyl (C=O) groups is 2. The number of hydrogen-bond acceptors (Lipinski definition) is 4.